The summed E-state index contributed by atoms with van der Waals surface area (Å²) in [5.41, 5.74) is 2.96. The third kappa shape index (κ3) is 7.01. The number of rotatable bonds is 9. The maximum atomic E-state index is 13.7. The number of halogens is 1. The molecule has 2 amide bonds. The molecule has 1 saturated carbocycles. The first kappa shape index (κ1) is 28.1. The van der Waals surface area contributed by atoms with E-state index in [0.29, 0.717) is 28.7 Å². The summed E-state index contributed by atoms with van der Waals surface area (Å²) in [6.07, 6.45) is 9.29. The highest BCUT2D eigenvalue weighted by atomic mass is 32.2. The molecule has 0 bridgehead atoms. The van der Waals surface area contributed by atoms with Crippen LogP contribution in [0.25, 0.3) is 6.08 Å². The average Bonchev–Trinajstić information content (AvgIpc) is 2.99. The van der Waals surface area contributed by atoms with Crippen LogP contribution in [0, 0.1) is 5.82 Å². The van der Waals surface area contributed by atoms with Crippen LogP contribution in [0.4, 0.5) is 10.1 Å². The number of nitrogens with one attached hydrogen (secondary N) is 1. The van der Waals surface area contributed by atoms with Gasteiger partial charge < -0.3 is 15.1 Å². The van der Waals surface area contributed by atoms with Crippen LogP contribution < -0.4 is 10.2 Å². The van der Waals surface area contributed by atoms with Crippen LogP contribution in [0.15, 0.2) is 82.6 Å². The Labute approximate surface area is 240 Å². The molecule has 2 aliphatic rings. The van der Waals surface area contributed by atoms with E-state index in [1.54, 1.807) is 23.1 Å². The SMILES string of the molecule is CN(CCCNC(=O)c1ccc2c(c1)N(Cc1ccc(F)cc1)C(=O)/C(=C/c1ccccc1)S2)C1CCCCC1. The molecule has 0 aromatic heterocycles. The zero-order valence-electron chi connectivity index (χ0n) is 22.9. The predicted octanol–water partition coefficient (Wildman–Crippen LogP) is 6.89. The molecule has 1 aliphatic carbocycles. The van der Waals surface area contributed by atoms with Crippen molar-refractivity contribution in [2.75, 3.05) is 25.0 Å². The molecule has 1 heterocycles. The number of carbonyl (C=O) groups is 2. The summed E-state index contributed by atoms with van der Waals surface area (Å²) in [6, 6.07) is 22.1. The average molecular weight is 558 g/mol. The van der Waals surface area contributed by atoms with Crippen molar-refractivity contribution >= 4 is 35.3 Å². The molecule has 3 aromatic carbocycles. The summed E-state index contributed by atoms with van der Waals surface area (Å²) in [5.74, 6) is -0.611. The van der Waals surface area contributed by atoms with Crippen molar-refractivity contribution < 1.29 is 14.0 Å². The highest BCUT2D eigenvalue weighted by Gasteiger charge is 2.30. The van der Waals surface area contributed by atoms with E-state index in [-0.39, 0.29) is 24.2 Å². The summed E-state index contributed by atoms with van der Waals surface area (Å²) in [7, 11) is 2.19. The fourth-order valence-electron chi connectivity index (χ4n) is 5.42. The zero-order valence-corrected chi connectivity index (χ0v) is 23.8. The van der Waals surface area contributed by atoms with Crippen LogP contribution in [0.1, 0.15) is 60.0 Å². The minimum Gasteiger partial charge on any atom is -0.352 e. The van der Waals surface area contributed by atoms with E-state index in [2.05, 4.69) is 17.3 Å². The first-order valence-electron chi connectivity index (χ1n) is 14.1. The van der Waals surface area contributed by atoms with Crippen molar-refractivity contribution in [2.45, 2.75) is 56.0 Å². The monoisotopic (exact) mass is 557 g/mol. The highest BCUT2D eigenvalue weighted by molar-refractivity contribution is 8.04. The van der Waals surface area contributed by atoms with Gasteiger partial charge in [0.2, 0.25) is 0 Å². The Hall–Kier alpha value is -3.42. The van der Waals surface area contributed by atoms with Gasteiger partial charge in [-0.25, -0.2) is 4.39 Å². The number of thioether (sulfide) groups is 1. The Bertz CT molecular complexity index is 1350. The number of benzene rings is 3. The van der Waals surface area contributed by atoms with Gasteiger partial charge in [-0.15, -0.1) is 0 Å². The lowest BCUT2D eigenvalue weighted by Gasteiger charge is -2.31. The second-order valence-electron chi connectivity index (χ2n) is 10.6. The van der Waals surface area contributed by atoms with E-state index in [9.17, 15) is 14.0 Å². The second-order valence-corrected chi connectivity index (χ2v) is 11.7. The van der Waals surface area contributed by atoms with Crippen LogP contribution in [0.3, 0.4) is 0 Å². The number of fused-ring (bicyclic) bond motifs is 1. The number of carbonyl (C=O) groups excluding carboxylic acids is 2. The summed E-state index contributed by atoms with van der Waals surface area (Å²) in [4.78, 5) is 32.4. The molecule has 208 valence electrons. The van der Waals surface area contributed by atoms with Gasteiger partial charge in [0.1, 0.15) is 5.82 Å². The van der Waals surface area contributed by atoms with Crippen molar-refractivity contribution in [3.8, 4) is 0 Å². The fraction of sp³-hybridized carbons (Fsp3) is 0.333. The normalized spacial score (nSPS) is 16.8. The van der Waals surface area contributed by atoms with Gasteiger partial charge >= 0.3 is 0 Å². The molecule has 1 fully saturated rings. The third-order valence-electron chi connectivity index (χ3n) is 7.71. The smallest absolute Gasteiger partial charge is 0.265 e. The van der Waals surface area contributed by atoms with Gasteiger partial charge in [0.25, 0.3) is 11.8 Å². The highest BCUT2D eigenvalue weighted by Crippen LogP contribution is 2.43. The Morgan fingerprint density at radius 1 is 1.05 bits per heavy atom. The standard InChI is InChI=1S/C33H36FN3O2S/c1-36(28-11-6-3-7-12-28)20-8-19-35-32(38)26-15-18-30-29(22-26)37(23-25-13-16-27(34)17-14-25)33(39)31(40-30)21-24-9-4-2-5-10-24/h2,4-5,9-10,13-18,21-22,28H,3,6-8,11-12,19-20,23H2,1H3,(H,35,38)/b31-21-. The van der Waals surface area contributed by atoms with Crippen molar-refractivity contribution in [2.24, 2.45) is 0 Å². The van der Waals surface area contributed by atoms with E-state index in [1.807, 2.05) is 48.5 Å². The van der Waals surface area contributed by atoms with Crippen molar-refractivity contribution in [1.82, 2.24) is 10.2 Å². The van der Waals surface area contributed by atoms with Gasteiger partial charge in [-0.2, -0.15) is 0 Å². The van der Waals surface area contributed by atoms with E-state index in [1.165, 1.54) is 56.0 Å². The Balaban J connectivity index is 1.31. The Morgan fingerprint density at radius 3 is 2.55 bits per heavy atom. The number of amides is 2. The van der Waals surface area contributed by atoms with E-state index < -0.39 is 0 Å². The predicted molar refractivity (Wildman–Crippen MR) is 161 cm³/mol. The van der Waals surface area contributed by atoms with Crippen molar-refractivity contribution in [1.29, 1.82) is 0 Å². The first-order chi connectivity index (χ1) is 19.5. The largest absolute Gasteiger partial charge is 0.352 e. The molecule has 5 rings (SSSR count). The molecule has 0 unspecified atom stereocenters. The topological polar surface area (TPSA) is 52.7 Å². The summed E-state index contributed by atoms with van der Waals surface area (Å²) >= 11 is 1.41. The molecule has 40 heavy (non-hydrogen) atoms. The maximum absolute atomic E-state index is 13.7. The summed E-state index contributed by atoms with van der Waals surface area (Å²) < 4.78 is 13.6. The fourth-order valence-corrected chi connectivity index (χ4v) is 6.46. The van der Waals surface area contributed by atoms with Gasteiger partial charge in [-0.3, -0.25) is 9.59 Å². The minimum atomic E-state index is -0.321. The van der Waals surface area contributed by atoms with Gasteiger partial charge in [-0.05, 0) is 80.4 Å². The third-order valence-corrected chi connectivity index (χ3v) is 8.79. The quantitative estimate of drug-likeness (QED) is 0.230. The molecule has 0 saturated heterocycles. The summed E-state index contributed by atoms with van der Waals surface area (Å²) in [5, 5.41) is 3.06. The molecule has 3 aromatic rings. The number of nitrogens with zero attached hydrogens (tertiary/aromatic N) is 2. The molecule has 7 heteroatoms. The molecule has 1 N–H and O–H groups in total. The Kier molecular flexibility index (Phi) is 9.34. The molecule has 0 radical (unpaired) electrons. The van der Waals surface area contributed by atoms with Gasteiger partial charge in [-0.1, -0.05) is 73.5 Å². The lowest BCUT2D eigenvalue weighted by Crippen LogP contribution is -2.36. The molecule has 0 atom stereocenters. The lowest BCUT2D eigenvalue weighted by molar-refractivity contribution is -0.114. The number of hydrogen-bond acceptors (Lipinski definition) is 4. The first-order valence-corrected chi connectivity index (χ1v) is 14.9. The minimum absolute atomic E-state index is 0.144. The van der Waals surface area contributed by atoms with Crippen LogP contribution >= 0.6 is 11.8 Å². The molecular weight excluding hydrogens is 521 g/mol. The van der Waals surface area contributed by atoms with Crippen molar-refractivity contribution in [3.05, 3.63) is 100 Å². The van der Waals surface area contributed by atoms with Crippen LogP contribution in [0.5, 0.6) is 0 Å². The van der Waals surface area contributed by atoms with E-state index in [0.717, 1.165) is 29.0 Å². The summed E-state index contributed by atoms with van der Waals surface area (Å²) in [6.45, 7) is 1.84. The van der Waals surface area contributed by atoms with Gasteiger partial charge in [0, 0.05) is 23.0 Å². The van der Waals surface area contributed by atoms with E-state index in [4.69, 9.17) is 0 Å². The lowest BCUT2D eigenvalue weighted by atomic mass is 9.94. The van der Waals surface area contributed by atoms with Gasteiger partial charge in [0.15, 0.2) is 0 Å². The van der Waals surface area contributed by atoms with Crippen molar-refractivity contribution in [3.63, 3.8) is 0 Å². The maximum Gasteiger partial charge on any atom is 0.265 e. The Morgan fingerprint density at radius 2 is 1.80 bits per heavy atom. The number of anilines is 1. The molecular formula is C33H36FN3O2S. The van der Waals surface area contributed by atoms with Crippen LogP contribution in [0.2, 0.25) is 0 Å². The van der Waals surface area contributed by atoms with Crippen LogP contribution in [-0.2, 0) is 11.3 Å². The van der Waals surface area contributed by atoms with E-state index >= 15 is 0 Å². The van der Waals surface area contributed by atoms with Gasteiger partial charge in [0.05, 0.1) is 17.1 Å². The zero-order chi connectivity index (χ0) is 27.9. The number of hydrogen-bond donors (Lipinski definition) is 1. The molecule has 0 spiro atoms. The second kappa shape index (κ2) is 13.3. The molecule has 5 nitrogen and oxygen atoms in total. The molecule has 1 aliphatic heterocycles. The van der Waals surface area contributed by atoms with Crippen LogP contribution in [-0.4, -0.2) is 42.9 Å².